The molecule has 1 aromatic rings. The Balaban J connectivity index is 1.46. The fraction of sp³-hybridized carbons (Fsp3) is 0.652. The molecule has 2 heterocycles. The van der Waals surface area contributed by atoms with Crippen LogP contribution >= 0.6 is 0 Å². The van der Waals surface area contributed by atoms with Crippen molar-refractivity contribution in [3.8, 4) is 0 Å². The van der Waals surface area contributed by atoms with Gasteiger partial charge in [-0.3, -0.25) is 14.7 Å². The Bertz CT molecular complexity index is 675. The van der Waals surface area contributed by atoms with Crippen molar-refractivity contribution in [2.24, 2.45) is 4.99 Å². The van der Waals surface area contributed by atoms with Crippen LogP contribution in [0.3, 0.4) is 0 Å². The van der Waals surface area contributed by atoms with Gasteiger partial charge in [-0.1, -0.05) is 38.1 Å². The van der Waals surface area contributed by atoms with Crippen molar-refractivity contribution in [1.82, 2.24) is 20.0 Å². The van der Waals surface area contributed by atoms with Gasteiger partial charge in [0.1, 0.15) is 0 Å². The number of hydrogen-bond acceptors (Lipinski definition) is 3. The molecule has 2 aliphatic rings. The maximum atomic E-state index is 12.6. The van der Waals surface area contributed by atoms with Gasteiger partial charge in [-0.15, -0.1) is 0 Å². The van der Waals surface area contributed by atoms with Crippen LogP contribution in [-0.4, -0.2) is 71.9 Å². The van der Waals surface area contributed by atoms with Gasteiger partial charge in [0.25, 0.3) is 0 Å². The first-order valence-corrected chi connectivity index (χ1v) is 11.3. The van der Waals surface area contributed by atoms with Crippen molar-refractivity contribution in [3.63, 3.8) is 0 Å². The monoisotopic (exact) mass is 399 g/mol. The maximum absolute atomic E-state index is 12.6. The van der Waals surface area contributed by atoms with Crippen molar-refractivity contribution < 1.29 is 4.79 Å². The third-order valence-corrected chi connectivity index (χ3v) is 6.13. The van der Waals surface area contributed by atoms with E-state index in [2.05, 4.69) is 48.0 Å². The van der Waals surface area contributed by atoms with Crippen molar-refractivity contribution >= 4 is 11.9 Å². The first-order valence-electron chi connectivity index (χ1n) is 11.3. The molecule has 29 heavy (non-hydrogen) atoms. The summed E-state index contributed by atoms with van der Waals surface area (Å²) in [6.07, 6.45) is 2.56. The molecule has 2 aliphatic heterocycles. The minimum atomic E-state index is 0.240. The predicted molar refractivity (Wildman–Crippen MR) is 119 cm³/mol. The Hall–Kier alpha value is -2.08. The summed E-state index contributed by atoms with van der Waals surface area (Å²) in [5.41, 5.74) is 2.56. The molecule has 1 aromatic carbocycles. The van der Waals surface area contributed by atoms with Crippen LogP contribution < -0.4 is 5.32 Å². The van der Waals surface area contributed by atoms with Gasteiger partial charge >= 0.3 is 0 Å². The molecule has 1 unspecified atom stereocenters. The summed E-state index contributed by atoms with van der Waals surface area (Å²) in [6, 6.07) is 8.96. The minimum absolute atomic E-state index is 0.240. The van der Waals surface area contributed by atoms with Gasteiger partial charge in [0, 0.05) is 51.7 Å². The maximum Gasteiger partial charge on any atom is 0.223 e. The van der Waals surface area contributed by atoms with E-state index in [9.17, 15) is 4.79 Å². The van der Waals surface area contributed by atoms with Gasteiger partial charge < -0.3 is 15.1 Å². The molecule has 6 nitrogen and oxygen atoms in total. The third-order valence-electron chi connectivity index (χ3n) is 6.13. The van der Waals surface area contributed by atoms with Crippen LogP contribution in [-0.2, 0) is 17.9 Å². The Morgan fingerprint density at radius 2 is 1.83 bits per heavy atom. The fourth-order valence-corrected chi connectivity index (χ4v) is 4.48. The number of carbonyl (C=O) groups is 1. The Labute approximate surface area is 176 Å². The molecule has 0 spiro atoms. The largest absolute Gasteiger partial charge is 0.357 e. The van der Waals surface area contributed by atoms with Crippen LogP contribution in [0.4, 0.5) is 0 Å². The van der Waals surface area contributed by atoms with E-state index >= 15 is 0 Å². The second-order valence-electron chi connectivity index (χ2n) is 7.97. The topological polar surface area (TPSA) is 51.2 Å². The first kappa shape index (κ1) is 21.6. The number of guanidine groups is 1. The zero-order valence-corrected chi connectivity index (χ0v) is 18.4. The number of likely N-dealkylation sites (N-methyl/N-ethyl adjacent to an activating group) is 1. The molecular weight excluding hydrogens is 362 g/mol. The van der Waals surface area contributed by atoms with E-state index in [0.717, 1.165) is 58.2 Å². The third kappa shape index (κ3) is 5.50. The van der Waals surface area contributed by atoms with Crippen LogP contribution in [0.5, 0.6) is 0 Å². The summed E-state index contributed by atoms with van der Waals surface area (Å²) < 4.78 is 0. The number of hydrogen-bond donors (Lipinski definition) is 1. The van der Waals surface area contributed by atoms with E-state index in [-0.39, 0.29) is 5.91 Å². The number of rotatable bonds is 8. The van der Waals surface area contributed by atoms with Gasteiger partial charge in [0.2, 0.25) is 5.91 Å². The summed E-state index contributed by atoms with van der Waals surface area (Å²) in [5.74, 6) is 1.24. The fourth-order valence-electron chi connectivity index (χ4n) is 4.48. The number of aliphatic imine (C=N–C) groups is 1. The second kappa shape index (κ2) is 10.6. The number of nitrogens with one attached hydrogen (secondary N) is 1. The van der Waals surface area contributed by atoms with Gasteiger partial charge in [0.05, 0.1) is 0 Å². The van der Waals surface area contributed by atoms with Crippen LogP contribution in [0.25, 0.3) is 0 Å². The highest BCUT2D eigenvalue weighted by Crippen LogP contribution is 2.23. The van der Waals surface area contributed by atoms with E-state index in [0.29, 0.717) is 19.0 Å². The molecule has 6 heteroatoms. The molecule has 160 valence electrons. The summed E-state index contributed by atoms with van der Waals surface area (Å²) >= 11 is 0. The lowest BCUT2D eigenvalue weighted by Gasteiger charge is -2.27. The lowest BCUT2D eigenvalue weighted by Crippen LogP contribution is -2.43. The van der Waals surface area contributed by atoms with E-state index in [1.165, 1.54) is 17.5 Å². The van der Waals surface area contributed by atoms with Crippen molar-refractivity contribution in [3.05, 3.63) is 35.4 Å². The van der Waals surface area contributed by atoms with Gasteiger partial charge in [-0.2, -0.15) is 0 Å². The molecule has 1 atom stereocenters. The number of nitrogens with zero attached hydrogens (tertiary/aromatic N) is 4. The standard InChI is InChI=1S/C23H37N5O/c1-4-24-23(27-15-13-21(18-27)26(5-2)6-3)25-14-9-12-22(29)28-16-19-10-7-8-11-20(19)17-28/h7-8,10-11,21H,4-6,9,12-18H2,1-3H3,(H,24,25). The zero-order chi connectivity index (χ0) is 20.6. The Morgan fingerprint density at radius 1 is 1.14 bits per heavy atom. The molecule has 0 radical (unpaired) electrons. The van der Waals surface area contributed by atoms with Crippen LogP contribution in [0.15, 0.2) is 29.3 Å². The normalized spacial score (nSPS) is 19.2. The average molecular weight is 400 g/mol. The number of carbonyl (C=O) groups excluding carboxylic acids is 1. The van der Waals surface area contributed by atoms with Crippen molar-refractivity contribution in [2.45, 2.75) is 59.2 Å². The number of amides is 1. The second-order valence-corrected chi connectivity index (χ2v) is 7.97. The molecule has 0 saturated carbocycles. The average Bonchev–Trinajstić information content (AvgIpc) is 3.38. The Kier molecular flexibility index (Phi) is 7.92. The SMILES string of the molecule is CCNC(=NCCCC(=O)N1Cc2ccccc2C1)N1CCC(N(CC)CC)C1. The minimum Gasteiger partial charge on any atom is -0.357 e. The van der Waals surface area contributed by atoms with Gasteiger partial charge in [-0.05, 0) is 44.0 Å². The smallest absolute Gasteiger partial charge is 0.223 e. The lowest BCUT2D eigenvalue weighted by atomic mass is 10.1. The molecule has 1 fully saturated rings. The molecule has 3 rings (SSSR count). The molecule has 1 N–H and O–H groups in total. The summed E-state index contributed by atoms with van der Waals surface area (Å²) in [7, 11) is 0. The molecule has 1 saturated heterocycles. The summed E-state index contributed by atoms with van der Waals surface area (Å²) in [6.45, 7) is 14.0. The predicted octanol–water partition coefficient (Wildman–Crippen LogP) is 2.69. The van der Waals surface area contributed by atoms with E-state index in [4.69, 9.17) is 4.99 Å². The summed E-state index contributed by atoms with van der Waals surface area (Å²) in [5, 5.41) is 3.44. The van der Waals surface area contributed by atoms with Crippen LogP contribution in [0.1, 0.15) is 51.2 Å². The van der Waals surface area contributed by atoms with Crippen molar-refractivity contribution in [1.29, 1.82) is 0 Å². The lowest BCUT2D eigenvalue weighted by molar-refractivity contribution is -0.131. The molecule has 0 bridgehead atoms. The van der Waals surface area contributed by atoms with Crippen molar-refractivity contribution in [2.75, 3.05) is 39.3 Å². The number of benzene rings is 1. The molecule has 0 aromatic heterocycles. The first-order chi connectivity index (χ1) is 14.2. The van der Waals surface area contributed by atoms with Gasteiger partial charge in [-0.25, -0.2) is 0 Å². The van der Waals surface area contributed by atoms with Crippen LogP contribution in [0, 0.1) is 0 Å². The summed E-state index contributed by atoms with van der Waals surface area (Å²) in [4.78, 5) is 24.3. The highest BCUT2D eigenvalue weighted by Gasteiger charge is 2.28. The van der Waals surface area contributed by atoms with Gasteiger partial charge in [0.15, 0.2) is 5.96 Å². The Morgan fingerprint density at radius 3 is 2.45 bits per heavy atom. The molecular formula is C23H37N5O. The van der Waals surface area contributed by atoms with E-state index in [1.54, 1.807) is 0 Å². The molecule has 1 amide bonds. The van der Waals surface area contributed by atoms with E-state index in [1.807, 2.05) is 17.0 Å². The highest BCUT2D eigenvalue weighted by atomic mass is 16.2. The number of likely N-dealkylation sites (tertiary alicyclic amines) is 1. The number of fused-ring (bicyclic) bond motifs is 1. The molecule has 0 aliphatic carbocycles. The zero-order valence-electron chi connectivity index (χ0n) is 18.4. The van der Waals surface area contributed by atoms with E-state index < -0.39 is 0 Å². The van der Waals surface area contributed by atoms with Crippen LogP contribution in [0.2, 0.25) is 0 Å². The quantitative estimate of drug-likeness (QED) is 0.415. The highest BCUT2D eigenvalue weighted by molar-refractivity contribution is 5.80.